The largest absolute Gasteiger partial charge is 0.492 e. The van der Waals surface area contributed by atoms with E-state index in [0.29, 0.717) is 29.4 Å². The number of thioether (sulfide) groups is 1. The number of hydrogen-bond acceptors (Lipinski definition) is 4. The van der Waals surface area contributed by atoms with Gasteiger partial charge < -0.3 is 10.1 Å². The minimum Gasteiger partial charge on any atom is -0.492 e. The quantitative estimate of drug-likeness (QED) is 0.281. The lowest BCUT2D eigenvalue weighted by Gasteiger charge is -2.26. The highest BCUT2D eigenvalue weighted by atomic mass is 32.2. The van der Waals surface area contributed by atoms with Crippen LogP contribution in [0.3, 0.4) is 0 Å². The third kappa shape index (κ3) is 6.30. The molecule has 0 aliphatic carbocycles. The summed E-state index contributed by atoms with van der Waals surface area (Å²) in [6.07, 6.45) is 5.97. The van der Waals surface area contributed by atoms with Gasteiger partial charge in [-0.05, 0) is 67.3 Å². The van der Waals surface area contributed by atoms with E-state index in [1.165, 1.54) is 31.2 Å². The number of ether oxygens (including phenoxy) is 1. The van der Waals surface area contributed by atoms with Crippen LogP contribution in [-0.4, -0.2) is 24.2 Å². The lowest BCUT2D eigenvalue weighted by atomic mass is 10.0. The molecule has 6 heteroatoms. The van der Waals surface area contributed by atoms with Crippen LogP contribution in [0.15, 0.2) is 72.8 Å². The molecule has 4 rings (SSSR count). The molecule has 1 aliphatic heterocycles. The number of para-hydroxylation sites is 2. The van der Waals surface area contributed by atoms with E-state index in [-0.39, 0.29) is 17.2 Å². The van der Waals surface area contributed by atoms with Gasteiger partial charge in [0.1, 0.15) is 11.1 Å². The van der Waals surface area contributed by atoms with Crippen LogP contribution in [0.4, 0.5) is 11.4 Å². The highest BCUT2D eigenvalue weighted by Crippen LogP contribution is 2.45. The molecule has 0 aromatic heterocycles. The number of hydrogen-bond donors (Lipinski definition) is 1. The van der Waals surface area contributed by atoms with Crippen LogP contribution < -0.4 is 15.0 Å². The molecular weight excluding hydrogens is 468 g/mol. The maximum absolute atomic E-state index is 12.9. The zero-order valence-electron chi connectivity index (χ0n) is 21.0. The Kier molecular flexibility index (Phi) is 9.06. The van der Waals surface area contributed by atoms with Crippen molar-refractivity contribution in [2.24, 2.45) is 0 Å². The van der Waals surface area contributed by atoms with Crippen LogP contribution in [0.2, 0.25) is 0 Å². The van der Waals surface area contributed by atoms with Gasteiger partial charge in [0, 0.05) is 11.3 Å². The number of nitrogens with zero attached hydrogens (tertiary/aromatic N) is 1. The lowest BCUT2D eigenvalue weighted by Crippen LogP contribution is -2.28. The third-order valence-corrected chi connectivity index (χ3v) is 7.47. The summed E-state index contributed by atoms with van der Waals surface area (Å²) >= 11 is 1.58. The monoisotopic (exact) mass is 502 g/mol. The molecule has 0 radical (unpaired) electrons. The van der Waals surface area contributed by atoms with Gasteiger partial charge in [-0.2, -0.15) is 0 Å². The van der Waals surface area contributed by atoms with Crippen LogP contribution in [0.25, 0.3) is 0 Å². The number of carbonyl (C=O) groups is 2. The zero-order chi connectivity index (χ0) is 25.3. The second-order valence-corrected chi connectivity index (χ2v) is 9.98. The number of amides is 2. The van der Waals surface area contributed by atoms with Gasteiger partial charge in [0.15, 0.2) is 0 Å². The second-order valence-electron chi connectivity index (χ2n) is 8.92. The summed E-state index contributed by atoms with van der Waals surface area (Å²) in [5, 5.41) is 2.83. The molecule has 1 aliphatic rings. The first-order valence-corrected chi connectivity index (χ1v) is 13.8. The summed E-state index contributed by atoms with van der Waals surface area (Å²) < 4.78 is 5.79. The third-order valence-electron chi connectivity index (χ3n) is 6.26. The Morgan fingerprint density at radius 3 is 2.58 bits per heavy atom. The molecule has 2 amide bonds. The van der Waals surface area contributed by atoms with Crippen LogP contribution in [-0.2, 0) is 11.2 Å². The van der Waals surface area contributed by atoms with Crippen LogP contribution in [0.5, 0.6) is 5.75 Å². The normalized spacial score (nSPS) is 15.2. The van der Waals surface area contributed by atoms with Crippen LogP contribution in [0.1, 0.15) is 66.4 Å². The van der Waals surface area contributed by atoms with Crippen molar-refractivity contribution in [2.75, 3.05) is 22.6 Å². The molecule has 1 N–H and O–H groups in total. The molecule has 0 bridgehead atoms. The predicted molar refractivity (Wildman–Crippen MR) is 149 cm³/mol. The van der Waals surface area contributed by atoms with E-state index in [1.807, 2.05) is 79.7 Å². The summed E-state index contributed by atoms with van der Waals surface area (Å²) in [7, 11) is 0. The molecule has 0 spiro atoms. The fourth-order valence-corrected chi connectivity index (χ4v) is 5.58. The van der Waals surface area contributed by atoms with Gasteiger partial charge in [-0.15, -0.1) is 11.8 Å². The van der Waals surface area contributed by atoms with Gasteiger partial charge in [-0.1, -0.05) is 62.6 Å². The standard InChI is InChI=1S/C30H34N2O3S/c1-3-5-6-7-11-22-16-18-23(19-17-22)29(34)31-25-13-10-12-24(20-25)30-32(28(33)21-36-30)26-14-8-9-15-27(26)35-4-2/h8-10,12-20,30H,3-7,11,21H2,1-2H3,(H,31,34). The Balaban J connectivity index is 1.46. The smallest absolute Gasteiger partial charge is 0.255 e. The maximum Gasteiger partial charge on any atom is 0.255 e. The highest BCUT2D eigenvalue weighted by molar-refractivity contribution is 8.00. The van der Waals surface area contributed by atoms with Crippen molar-refractivity contribution >= 4 is 35.0 Å². The Bertz CT molecular complexity index is 1180. The van der Waals surface area contributed by atoms with E-state index in [1.54, 1.807) is 16.7 Å². The molecule has 1 heterocycles. The average Bonchev–Trinajstić information content (AvgIpc) is 3.29. The van der Waals surface area contributed by atoms with E-state index in [4.69, 9.17) is 4.74 Å². The fourth-order valence-electron chi connectivity index (χ4n) is 4.42. The number of benzene rings is 3. The molecule has 188 valence electrons. The maximum atomic E-state index is 12.9. The number of carbonyl (C=O) groups excluding carboxylic acids is 2. The van der Waals surface area contributed by atoms with Gasteiger partial charge in [0.05, 0.1) is 18.0 Å². The van der Waals surface area contributed by atoms with Crippen molar-refractivity contribution < 1.29 is 14.3 Å². The highest BCUT2D eigenvalue weighted by Gasteiger charge is 2.35. The van der Waals surface area contributed by atoms with Gasteiger partial charge in [0.25, 0.3) is 5.91 Å². The van der Waals surface area contributed by atoms with E-state index < -0.39 is 0 Å². The summed E-state index contributed by atoms with van der Waals surface area (Å²) in [5.74, 6) is 0.992. The molecule has 1 saturated heterocycles. The molecule has 1 unspecified atom stereocenters. The van der Waals surface area contributed by atoms with Crippen molar-refractivity contribution in [3.8, 4) is 5.75 Å². The number of aryl methyl sites for hydroxylation is 1. The van der Waals surface area contributed by atoms with E-state index >= 15 is 0 Å². The summed E-state index contributed by atoms with van der Waals surface area (Å²) in [6.45, 7) is 4.67. The second kappa shape index (κ2) is 12.6. The van der Waals surface area contributed by atoms with Crippen LogP contribution >= 0.6 is 11.8 Å². The van der Waals surface area contributed by atoms with E-state index in [0.717, 1.165) is 17.7 Å². The number of anilines is 2. The SMILES string of the molecule is CCCCCCc1ccc(C(=O)Nc2cccc(C3SCC(=O)N3c3ccccc3OCC)c2)cc1. The van der Waals surface area contributed by atoms with Crippen molar-refractivity contribution in [3.63, 3.8) is 0 Å². The number of unbranched alkanes of at least 4 members (excludes halogenated alkanes) is 3. The molecular formula is C30H34N2O3S. The molecule has 1 fully saturated rings. The Morgan fingerprint density at radius 2 is 1.81 bits per heavy atom. The summed E-state index contributed by atoms with van der Waals surface area (Å²) in [4.78, 5) is 27.6. The van der Waals surface area contributed by atoms with E-state index in [9.17, 15) is 9.59 Å². The fraction of sp³-hybridized carbons (Fsp3) is 0.333. The molecule has 3 aromatic rings. The first-order chi connectivity index (χ1) is 17.6. The first kappa shape index (κ1) is 25.8. The van der Waals surface area contributed by atoms with Crippen molar-refractivity contribution in [2.45, 2.75) is 51.3 Å². The Labute approximate surface area is 218 Å². The first-order valence-electron chi connectivity index (χ1n) is 12.8. The van der Waals surface area contributed by atoms with Crippen molar-refractivity contribution in [3.05, 3.63) is 89.5 Å². The van der Waals surface area contributed by atoms with Crippen molar-refractivity contribution in [1.82, 2.24) is 0 Å². The zero-order valence-corrected chi connectivity index (χ0v) is 21.9. The topological polar surface area (TPSA) is 58.6 Å². The minimum atomic E-state index is -0.192. The van der Waals surface area contributed by atoms with Gasteiger partial charge in [-0.3, -0.25) is 14.5 Å². The van der Waals surface area contributed by atoms with E-state index in [2.05, 4.69) is 12.2 Å². The predicted octanol–water partition coefficient (Wildman–Crippen LogP) is 7.24. The molecule has 3 aromatic carbocycles. The number of rotatable bonds is 11. The molecule has 36 heavy (non-hydrogen) atoms. The Morgan fingerprint density at radius 1 is 1.00 bits per heavy atom. The van der Waals surface area contributed by atoms with Crippen molar-refractivity contribution in [1.29, 1.82) is 0 Å². The van der Waals surface area contributed by atoms with Gasteiger partial charge >= 0.3 is 0 Å². The Hall–Kier alpha value is -3.25. The van der Waals surface area contributed by atoms with Gasteiger partial charge in [0.2, 0.25) is 5.91 Å². The summed E-state index contributed by atoms with van der Waals surface area (Å²) in [6, 6.07) is 23.3. The molecule has 1 atom stereocenters. The lowest BCUT2D eigenvalue weighted by molar-refractivity contribution is -0.115. The number of nitrogens with one attached hydrogen (secondary N) is 1. The molecule has 5 nitrogen and oxygen atoms in total. The average molecular weight is 503 g/mol. The minimum absolute atomic E-state index is 0.0429. The summed E-state index contributed by atoms with van der Waals surface area (Å²) in [5.41, 5.74) is 4.33. The molecule has 0 saturated carbocycles. The van der Waals surface area contributed by atoms with Gasteiger partial charge in [-0.25, -0.2) is 0 Å². The van der Waals surface area contributed by atoms with Crippen LogP contribution in [0, 0.1) is 0 Å².